The van der Waals surface area contributed by atoms with Crippen molar-refractivity contribution in [1.29, 1.82) is 0 Å². The Hall–Kier alpha value is -1.63. The third kappa shape index (κ3) is 6.19. The highest BCUT2D eigenvalue weighted by atomic mass is 79.9. The summed E-state index contributed by atoms with van der Waals surface area (Å²) in [5.74, 6) is 4.08. The standard InChI is InChI=1S/C21H25BrF4N2O2/c1-19(2,23)12-17-18(30)27-16(13-29)6-4-3-5-11-20(28-17,21(24,25)26)14-7-9-15(22)10-8-14/h7-10,16-17,28-29H,3-4,6,12-13H2,1-2H3,(H,27,30)/t16?,17-,20?/m0/s1. The van der Waals surface area contributed by atoms with Crippen molar-refractivity contribution in [2.45, 2.75) is 69.0 Å². The predicted molar refractivity (Wildman–Crippen MR) is 109 cm³/mol. The fourth-order valence-electron chi connectivity index (χ4n) is 3.31. The fraction of sp³-hybridized carbons (Fsp3) is 0.571. The highest BCUT2D eigenvalue weighted by molar-refractivity contribution is 9.10. The van der Waals surface area contributed by atoms with E-state index in [2.05, 4.69) is 38.4 Å². The van der Waals surface area contributed by atoms with Crippen molar-refractivity contribution in [2.24, 2.45) is 0 Å². The molecule has 0 aromatic heterocycles. The summed E-state index contributed by atoms with van der Waals surface area (Å²) in [6.45, 7) is 2.01. The van der Waals surface area contributed by atoms with Crippen molar-refractivity contribution in [3.05, 3.63) is 34.3 Å². The van der Waals surface area contributed by atoms with Crippen molar-refractivity contribution in [2.75, 3.05) is 6.61 Å². The molecule has 0 spiro atoms. The first-order valence-electron chi connectivity index (χ1n) is 9.58. The minimum absolute atomic E-state index is 0.154. The van der Waals surface area contributed by atoms with Gasteiger partial charge in [0.1, 0.15) is 5.67 Å². The van der Waals surface area contributed by atoms with Gasteiger partial charge in [0.15, 0.2) is 0 Å². The van der Waals surface area contributed by atoms with Crippen LogP contribution in [0.5, 0.6) is 0 Å². The molecule has 3 N–H and O–H groups in total. The molecule has 0 fully saturated rings. The van der Waals surface area contributed by atoms with Crippen LogP contribution in [0, 0.1) is 11.8 Å². The molecule has 1 aromatic rings. The number of hydrogen-bond acceptors (Lipinski definition) is 3. The lowest BCUT2D eigenvalue weighted by molar-refractivity contribution is -0.185. The summed E-state index contributed by atoms with van der Waals surface area (Å²) < 4.78 is 58.4. The van der Waals surface area contributed by atoms with Crippen molar-refractivity contribution < 1.29 is 27.5 Å². The van der Waals surface area contributed by atoms with E-state index in [1.165, 1.54) is 38.1 Å². The highest BCUT2D eigenvalue weighted by Gasteiger charge is 2.57. The molecule has 0 aliphatic carbocycles. The summed E-state index contributed by atoms with van der Waals surface area (Å²) in [6, 6.07) is 3.27. The quantitative estimate of drug-likeness (QED) is 0.440. The fourth-order valence-corrected chi connectivity index (χ4v) is 3.57. The van der Waals surface area contributed by atoms with Gasteiger partial charge in [0.25, 0.3) is 0 Å². The average Bonchev–Trinajstić information content (AvgIpc) is 2.65. The van der Waals surface area contributed by atoms with Crippen LogP contribution in [0.15, 0.2) is 28.7 Å². The van der Waals surface area contributed by atoms with Gasteiger partial charge in [-0.2, -0.15) is 13.2 Å². The summed E-state index contributed by atoms with van der Waals surface area (Å²) >= 11 is 3.20. The van der Waals surface area contributed by atoms with Gasteiger partial charge in [-0.25, -0.2) is 4.39 Å². The Bertz CT molecular complexity index is 796. The van der Waals surface area contributed by atoms with Gasteiger partial charge in [-0.05, 0) is 44.4 Å². The number of aliphatic hydroxyl groups excluding tert-OH is 1. The van der Waals surface area contributed by atoms with E-state index >= 15 is 0 Å². The second-order valence-corrected chi connectivity index (χ2v) is 8.87. The van der Waals surface area contributed by atoms with Gasteiger partial charge in [0, 0.05) is 17.3 Å². The molecule has 0 saturated heterocycles. The molecule has 0 radical (unpaired) electrons. The maximum atomic E-state index is 14.5. The van der Waals surface area contributed by atoms with E-state index in [0.29, 0.717) is 17.3 Å². The second-order valence-electron chi connectivity index (χ2n) is 7.96. The monoisotopic (exact) mass is 492 g/mol. The third-order valence-corrected chi connectivity index (χ3v) is 5.32. The largest absolute Gasteiger partial charge is 0.422 e. The maximum absolute atomic E-state index is 14.5. The Balaban J connectivity index is 2.63. The summed E-state index contributed by atoms with van der Waals surface area (Å²) in [6.07, 6.45) is -4.50. The zero-order valence-corrected chi connectivity index (χ0v) is 18.3. The Morgan fingerprint density at radius 3 is 2.40 bits per heavy atom. The molecule has 30 heavy (non-hydrogen) atoms. The first-order valence-corrected chi connectivity index (χ1v) is 10.4. The van der Waals surface area contributed by atoms with Gasteiger partial charge in [-0.15, -0.1) is 5.92 Å². The van der Waals surface area contributed by atoms with Crippen LogP contribution >= 0.6 is 15.9 Å². The first kappa shape index (κ1) is 24.6. The van der Waals surface area contributed by atoms with Crippen LogP contribution in [0.2, 0.25) is 0 Å². The molecular weight excluding hydrogens is 468 g/mol. The van der Waals surface area contributed by atoms with E-state index in [0.717, 1.165) is 0 Å². The number of aliphatic hydroxyl groups is 1. The predicted octanol–water partition coefficient (Wildman–Crippen LogP) is 3.97. The highest BCUT2D eigenvalue weighted by Crippen LogP contribution is 2.40. The van der Waals surface area contributed by atoms with E-state index in [9.17, 15) is 27.5 Å². The zero-order valence-electron chi connectivity index (χ0n) is 16.7. The number of carbonyl (C=O) groups is 1. The summed E-state index contributed by atoms with van der Waals surface area (Å²) in [5, 5.41) is 14.4. The molecule has 3 atom stereocenters. The number of nitrogens with one attached hydrogen (secondary N) is 2. The molecule has 2 unspecified atom stereocenters. The Kier molecular flexibility index (Phi) is 7.94. The van der Waals surface area contributed by atoms with Gasteiger partial charge in [-0.1, -0.05) is 34.0 Å². The molecule has 4 nitrogen and oxygen atoms in total. The molecular formula is C21H25BrF4N2O2. The molecule has 1 aliphatic rings. The number of benzene rings is 1. The maximum Gasteiger partial charge on any atom is 0.422 e. The topological polar surface area (TPSA) is 61.4 Å². The smallest absolute Gasteiger partial charge is 0.394 e. The summed E-state index contributed by atoms with van der Waals surface area (Å²) in [7, 11) is 0. The molecule has 9 heteroatoms. The molecule has 1 heterocycles. The lowest BCUT2D eigenvalue weighted by atomic mass is 9.86. The van der Waals surface area contributed by atoms with Gasteiger partial charge in [-0.3, -0.25) is 10.1 Å². The molecule has 2 rings (SSSR count). The zero-order chi connectivity index (χ0) is 22.6. The minimum Gasteiger partial charge on any atom is -0.394 e. The van der Waals surface area contributed by atoms with Crippen molar-refractivity contribution in [3.8, 4) is 11.8 Å². The Labute approximate surface area is 181 Å². The summed E-state index contributed by atoms with van der Waals surface area (Å²) in [4.78, 5) is 12.8. The van der Waals surface area contributed by atoms with E-state index in [1.807, 2.05) is 0 Å². The van der Waals surface area contributed by atoms with Crippen LogP contribution in [0.4, 0.5) is 17.6 Å². The minimum atomic E-state index is -4.89. The van der Waals surface area contributed by atoms with E-state index in [-0.39, 0.29) is 18.6 Å². The molecule has 0 saturated carbocycles. The first-order chi connectivity index (χ1) is 13.9. The lowest BCUT2D eigenvalue weighted by Crippen LogP contribution is -2.61. The van der Waals surface area contributed by atoms with E-state index in [1.54, 1.807) is 0 Å². The number of hydrogen-bond donors (Lipinski definition) is 3. The van der Waals surface area contributed by atoms with E-state index in [4.69, 9.17) is 0 Å². The second kappa shape index (κ2) is 9.67. The molecule has 1 aliphatic heterocycles. The molecule has 166 valence electrons. The van der Waals surface area contributed by atoms with Crippen LogP contribution in [0.1, 0.15) is 45.1 Å². The van der Waals surface area contributed by atoms with Crippen molar-refractivity contribution in [1.82, 2.24) is 10.6 Å². The van der Waals surface area contributed by atoms with Crippen LogP contribution in [-0.2, 0) is 10.3 Å². The number of alkyl halides is 4. The Morgan fingerprint density at radius 1 is 1.23 bits per heavy atom. The average molecular weight is 493 g/mol. The van der Waals surface area contributed by atoms with Gasteiger partial charge < -0.3 is 10.4 Å². The molecule has 1 amide bonds. The van der Waals surface area contributed by atoms with Crippen LogP contribution < -0.4 is 10.6 Å². The number of halogens is 5. The van der Waals surface area contributed by atoms with Crippen LogP contribution in [0.3, 0.4) is 0 Å². The lowest BCUT2D eigenvalue weighted by Gasteiger charge is -2.37. The molecule has 0 bridgehead atoms. The Morgan fingerprint density at radius 2 is 1.87 bits per heavy atom. The summed E-state index contributed by atoms with van der Waals surface area (Å²) in [5.41, 5.74) is -4.98. The number of amides is 1. The number of rotatable bonds is 4. The third-order valence-electron chi connectivity index (χ3n) is 4.80. The van der Waals surface area contributed by atoms with E-state index < -0.39 is 41.8 Å². The molecule has 1 aromatic carbocycles. The van der Waals surface area contributed by atoms with Crippen molar-refractivity contribution >= 4 is 21.8 Å². The number of carbonyl (C=O) groups excluding carboxylic acids is 1. The van der Waals surface area contributed by atoms with Crippen LogP contribution in [-0.4, -0.2) is 41.5 Å². The van der Waals surface area contributed by atoms with Crippen LogP contribution in [0.25, 0.3) is 0 Å². The normalized spacial score (nSPS) is 26.2. The van der Waals surface area contributed by atoms with Gasteiger partial charge >= 0.3 is 6.18 Å². The SMILES string of the molecule is CC(C)(F)C[C@@H]1NC(c2ccc(Br)cc2)(C(F)(F)F)C#CCCCC(CO)NC1=O. The van der Waals surface area contributed by atoms with Crippen molar-refractivity contribution in [3.63, 3.8) is 0 Å². The van der Waals surface area contributed by atoms with Gasteiger partial charge in [0.2, 0.25) is 11.4 Å². The van der Waals surface area contributed by atoms with Gasteiger partial charge in [0.05, 0.1) is 18.7 Å².